The average Bonchev–Trinajstić information content (AvgIpc) is 2.83. The lowest BCUT2D eigenvalue weighted by atomic mass is 9.95. The van der Waals surface area contributed by atoms with E-state index in [1.165, 1.54) is 4.90 Å². The highest BCUT2D eigenvalue weighted by molar-refractivity contribution is 8.00. The lowest BCUT2D eigenvalue weighted by Crippen LogP contribution is -2.58. The minimum absolute atomic E-state index is 0.0517. The number of carboxylic acids is 1. The van der Waals surface area contributed by atoms with Crippen molar-refractivity contribution in [2.45, 2.75) is 56.5 Å². The topological polar surface area (TPSA) is 78.9 Å². The maximum absolute atomic E-state index is 12.6. The molecule has 2 aliphatic heterocycles. The molecule has 2 saturated heterocycles. The third kappa shape index (κ3) is 3.83. The van der Waals surface area contributed by atoms with Crippen LogP contribution in [0.1, 0.15) is 39.5 Å². The molecular weight excluding hydrogens is 292 g/mol. The fourth-order valence-corrected chi connectivity index (χ4v) is 4.36. The fraction of sp³-hybridized carbons (Fsp3) is 0.857. The zero-order valence-corrected chi connectivity index (χ0v) is 13.4. The van der Waals surface area contributed by atoms with Crippen molar-refractivity contribution in [2.75, 3.05) is 19.0 Å². The number of urea groups is 1. The number of hydrogen-bond acceptors (Lipinski definition) is 4. The molecule has 0 aromatic heterocycles. The number of nitrogens with zero attached hydrogens (tertiary/aromatic N) is 1. The van der Waals surface area contributed by atoms with Crippen LogP contribution in [0.2, 0.25) is 0 Å². The van der Waals surface area contributed by atoms with Gasteiger partial charge in [-0.25, -0.2) is 9.59 Å². The number of thioether (sulfide) groups is 1. The summed E-state index contributed by atoms with van der Waals surface area (Å²) in [6.07, 6.45) is 3.51. The molecule has 2 heterocycles. The quantitative estimate of drug-likeness (QED) is 0.828. The predicted octanol–water partition coefficient (Wildman–Crippen LogP) is 1.89. The highest BCUT2D eigenvalue weighted by Gasteiger charge is 2.43. The fourth-order valence-electron chi connectivity index (χ4n) is 2.85. The Bertz CT molecular complexity index is 398. The Balaban J connectivity index is 2.07. The monoisotopic (exact) mass is 316 g/mol. The average molecular weight is 316 g/mol. The summed E-state index contributed by atoms with van der Waals surface area (Å²) in [5.74, 6) is -0.470. The summed E-state index contributed by atoms with van der Waals surface area (Å²) in [5, 5.41) is 12.3. The lowest BCUT2D eigenvalue weighted by Gasteiger charge is -2.37. The number of hydrogen-bond donors (Lipinski definition) is 2. The molecule has 6 nitrogen and oxygen atoms in total. The summed E-state index contributed by atoms with van der Waals surface area (Å²) in [7, 11) is 0. The van der Waals surface area contributed by atoms with Crippen LogP contribution < -0.4 is 5.32 Å². The van der Waals surface area contributed by atoms with E-state index >= 15 is 0 Å². The Morgan fingerprint density at radius 2 is 2.29 bits per heavy atom. The van der Waals surface area contributed by atoms with Crippen molar-refractivity contribution in [3.8, 4) is 0 Å². The van der Waals surface area contributed by atoms with Gasteiger partial charge in [0, 0.05) is 12.4 Å². The van der Waals surface area contributed by atoms with Crippen LogP contribution in [0.15, 0.2) is 0 Å². The van der Waals surface area contributed by atoms with Crippen LogP contribution in [0, 0.1) is 0 Å². The van der Waals surface area contributed by atoms with Gasteiger partial charge in [-0.15, -0.1) is 11.8 Å². The molecule has 0 aliphatic carbocycles. The summed E-state index contributed by atoms with van der Waals surface area (Å²) in [6, 6.07) is -1.02. The molecule has 2 fully saturated rings. The maximum Gasteiger partial charge on any atom is 0.327 e. The van der Waals surface area contributed by atoms with E-state index in [0.717, 1.165) is 32.3 Å². The van der Waals surface area contributed by atoms with E-state index in [0.29, 0.717) is 12.4 Å². The standard InChI is InChI=1S/C14H24N2O4S/c1-3-5-11-16(10(8-21-11)12(17)18)13(19)15-14(2)6-4-7-20-9-14/h10-11H,3-9H2,1-2H3,(H,15,19)(H,17,18). The molecule has 21 heavy (non-hydrogen) atoms. The summed E-state index contributed by atoms with van der Waals surface area (Å²) >= 11 is 1.55. The highest BCUT2D eigenvalue weighted by atomic mass is 32.2. The third-order valence-corrected chi connectivity index (χ3v) is 5.35. The van der Waals surface area contributed by atoms with Gasteiger partial charge in [0.05, 0.1) is 17.5 Å². The zero-order chi connectivity index (χ0) is 15.5. The van der Waals surface area contributed by atoms with E-state index in [-0.39, 0.29) is 11.4 Å². The smallest absolute Gasteiger partial charge is 0.327 e. The molecule has 2 aliphatic rings. The van der Waals surface area contributed by atoms with Crippen LogP contribution in [-0.2, 0) is 9.53 Å². The Morgan fingerprint density at radius 3 is 2.86 bits per heavy atom. The van der Waals surface area contributed by atoms with E-state index < -0.39 is 17.6 Å². The van der Waals surface area contributed by atoms with Crippen molar-refractivity contribution in [1.29, 1.82) is 0 Å². The molecule has 0 aromatic carbocycles. The Labute approximate surface area is 129 Å². The third-order valence-electron chi connectivity index (χ3n) is 3.99. The van der Waals surface area contributed by atoms with E-state index in [9.17, 15) is 14.7 Å². The van der Waals surface area contributed by atoms with E-state index in [1.54, 1.807) is 11.8 Å². The van der Waals surface area contributed by atoms with Crippen LogP contribution in [0.25, 0.3) is 0 Å². The number of aliphatic carboxylic acids is 1. The number of rotatable bonds is 4. The summed E-state index contributed by atoms with van der Waals surface area (Å²) in [5.41, 5.74) is -0.400. The number of nitrogens with one attached hydrogen (secondary N) is 1. The second kappa shape index (κ2) is 6.87. The number of amides is 2. The van der Waals surface area contributed by atoms with Crippen molar-refractivity contribution >= 4 is 23.8 Å². The van der Waals surface area contributed by atoms with Crippen LogP contribution in [-0.4, -0.2) is 57.9 Å². The lowest BCUT2D eigenvalue weighted by molar-refractivity contribution is -0.141. The molecule has 0 saturated carbocycles. The van der Waals surface area contributed by atoms with Crippen molar-refractivity contribution in [1.82, 2.24) is 10.2 Å². The number of carboxylic acid groups (broad SMARTS) is 1. The van der Waals surface area contributed by atoms with Gasteiger partial charge < -0.3 is 15.2 Å². The van der Waals surface area contributed by atoms with Crippen LogP contribution in [0.4, 0.5) is 4.79 Å². The summed E-state index contributed by atoms with van der Waals surface area (Å²) in [6.45, 7) is 5.20. The molecule has 0 radical (unpaired) electrons. The first kappa shape index (κ1) is 16.4. The zero-order valence-electron chi connectivity index (χ0n) is 12.6. The molecule has 0 bridgehead atoms. The second-order valence-electron chi connectivity index (χ2n) is 5.98. The van der Waals surface area contributed by atoms with Gasteiger partial charge in [-0.3, -0.25) is 4.90 Å². The number of ether oxygens (including phenoxy) is 1. The van der Waals surface area contributed by atoms with Gasteiger partial charge >= 0.3 is 12.0 Å². The molecule has 0 spiro atoms. The van der Waals surface area contributed by atoms with E-state index in [2.05, 4.69) is 5.32 Å². The van der Waals surface area contributed by atoms with E-state index in [4.69, 9.17) is 4.74 Å². The molecule has 3 unspecified atom stereocenters. The highest BCUT2D eigenvalue weighted by Crippen LogP contribution is 2.33. The minimum Gasteiger partial charge on any atom is -0.480 e. The molecular formula is C14H24N2O4S. The SMILES string of the molecule is CCCC1SCC(C(=O)O)N1C(=O)NC1(C)CCCOC1. The Morgan fingerprint density at radius 1 is 1.52 bits per heavy atom. The van der Waals surface area contributed by atoms with Gasteiger partial charge in [0.2, 0.25) is 0 Å². The predicted molar refractivity (Wildman–Crippen MR) is 81.4 cm³/mol. The van der Waals surface area contributed by atoms with Gasteiger partial charge in [-0.1, -0.05) is 13.3 Å². The van der Waals surface area contributed by atoms with Gasteiger partial charge in [-0.2, -0.15) is 0 Å². The van der Waals surface area contributed by atoms with Gasteiger partial charge in [0.15, 0.2) is 0 Å². The molecule has 2 rings (SSSR count). The van der Waals surface area contributed by atoms with Crippen molar-refractivity contribution in [2.24, 2.45) is 0 Å². The van der Waals surface area contributed by atoms with Crippen LogP contribution in [0.3, 0.4) is 0 Å². The van der Waals surface area contributed by atoms with Crippen LogP contribution >= 0.6 is 11.8 Å². The Hall–Kier alpha value is -0.950. The minimum atomic E-state index is -0.929. The largest absolute Gasteiger partial charge is 0.480 e. The first-order valence-corrected chi connectivity index (χ1v) is 8.54. The van der Waals surface area contributed by atoms with Gasteiger partial charge in [0.1, 0.15) is 6.04 Å². The Kier molecular flexibility index (Phi) is 5.37. The first-order valence-electron chi connectivity index (χ1n) is 7.49. The van der Waals surface area contributed by atoms with Gasteiger partial charge in [0.25, 0.3) is 0 Å². The number of carbonyl (C=O) groups is 2. The molecule has 0 aromatic rings. The second-order valence-corrected chi connectivity index (χ2v) is 7.20. The molecule has 120 valence electrons. The van der Waals surface area contributed by atoms with Crippen LogP contribution in [0.5, 0.6) is 0 Å². The molecule has 2 amide bonds. The van der Waals surface area contributed by atoms with Crippen molar-refractivity contribution < 1.29 is 19.4 Å². The molecule has 2 N–H and O–H groups in total. The van der Waals surface area contributed by atoms with Crippen molar-refractivity contribution in [3.63, 3.8) is 0 Å². The first-order chi connectivity index (χ1) is 9.97. The summed E-state index contributed by atoms with van der Waals surface area (Å²) in [4.78, 5) is 25.5. The van der Waals surface area contributed by atoms with Gasteiger partial charge in [-0.05, 0) is 26.2 Å². The summed E-state index contributed by atoms with van der Waals surface area (Å²) < 4.78 is 5.44. The van der Waals surface area contributed by atoms with Crippen molar-refractivity contribution in [3.05, 3.63) is 0 Å². The normalized spacial score (nSPS) is 33.0. The maximum atomic E-state index is 12.6. The van der Waals surface area contributed by atoms with E-state index in [1.807, 2.05) is 13.8 Å². The molecule has 3 atom stereocenters. The number of carbonyl (C=O) groups excluding carboxylic acids is 1. The molecule has 7 heteroatoms.